The van der Waals surface area contributed by atoms with E-state index < -0.39 is 15.2 Å². The highest BCUT2D eigenvalue weighted by Crippen LogP contribution is 2.30. The molecule has 0 unspecified atom stereocenters. The largest absolute Gasteiger partial charge is 0.495 e. The molecule has 0 bridgehead atoms. The summed E-state index contributed by atoms with van der Waals surface area (Å²) in [6, 6.07) is 9.59. The molecule has 0 radical (unpaired) electrons. The summed E-state index contributed by atoms with van der Waals surface area (Å²) in [5.41, 5.74) is 6.86. The molecule has 13 nitrogen and oxygen atoms in total. The van der Waals surface area contributed by atoms with E-state index in [1.54, 1.807) is 38.1 Å². The number of hydrogen-bond donors (Lipinski definition) is 3. The maximum absolute atomic E-state index is 12.8. The summed E-state index contributed by atoms with van der Waals surface area (Å²) in [6.45, 7) is 7.25. The summed E-state index contributed by atoms with van der Waals surface area (Å²) in [6.07, 6.45) is 0. The van der Waals surface area contributed by atoms with E-state index >= 15 is 0 Å². The first-order valence-corrected chi connectivity index (χ1v) is 10.6. The number of benzene rings is 2. The van der Waals surface area contributed by atoms with Crippen LogP contribution < -0.4 is 19.4 Å². The summed E-state index contributed by atoms with van der Waals surface area (Å²) >= 11 is 0. The Morgan fingerprint density at radius 1 is 1.24 bits per heavy atom. The second kappa shape index (κ2) is 12.1. The quantitative estimate of drug-likeness (QED) is 0.156. The number of nitrogens with one attached hydrogen (secondary N) is 1. The number of hydrazone groups is 1. The lowest BCUT2D eigenvalue weighted by molar-refractivity contribution is -0.742. The van der Waals surface area contributed by atoms with Crippen molar-refractivity contribution < 1.29 is 32.4 Å². The Balaban J connectivity index is 0.00000125. The van der Waals surface area contributed by atoms with Gasteiger partial charge in [-0.15, -0.1) is 10.1 Å². The predicted octanol–water partition coefficient (Wildman–Crippen LogP) is 1.92. The molecule has 0 aliphatic rings. The molecular weight excluding hydrogens is 458 g/mol. The number of rotatable bonds is 9. The maximum atomic E-state index is 12.8. The van der Waals surface area contributed by atoms with Crippen molar-refractivity contribution >= 4 is 22.8 Å². The van der Waals surface area contributed by atoms with Gasteiger partial charge in [-0.05, 0) is 49.2 Å². The van der Waals surface area contributed by atoms with Crippen LogP contribution in [0.3, 0.4) is 0 Å². The highest BCUT2D eigenvalue weighted by atomic mass is 32.2. The van der Waals surface area contributed by atoms with Crippen LogP contribution in [0.2, 0.25) is 0 Å². The first kappa shape index (κ1) is 27.0. The third-order valence-electron chi connectivity index (χ3n) is 3.84. The van der Waals surface area contributed by atoms with Crippen LogP contribution in [-0.2, 0) is 10.1 Å². The molecule has 0 saturated heterocycles. The van der Waals surface area contributed by atoms with Gasteiger partial charge in [0.2, 0.25) is 5.96 Å². The van der Waals surface area contributed by atoms with E-state index in [4.69, 9.17) is 40.1 Å². The molecule has 33 heavy (non-hydrogen) atoms. The van der Waals surface area contributed by atoms with E-state index in [0.717, 1.165) is 11.1 Å². The number of ether oxygens (including phenoxy) is 2. The molecule has 14 heteroatoms. The molecule has 4 N–H and O–H groups in total. The molecule has 0 atom stereocenters. The highest BCUT2D eigenvalue weighted by Gasteiger charge is 2.22. The second-order valence-electron chi connectivity index (χ2n) is 6.41. The zero-order chi connectivity index (χ0) is 25.2. The molecule has 180 valence electrons. The van der Waals surface area contributed by atoms with Crippen molar-refractivity contribution in [3.8, 4) is 17.2 Å². The number of nitrogens with zero attached hydrogens (tertiary/aromatic N) is 3. The number of nitrogens with two attached hydrogens (primary N) is 1. The molecule has 2 rings (SSSR count). The van der Waals surface area contributed by atoms with Crippen molar-refractivity contribution in [1.29, 1.82) is 5.41 Å². The molecule has 0 spiro atoms. The van der Waals surface area contributed by atoms with Gasteiger partial charge in [-0.2, -0.15) is 13.5 Å². The summed E-state index contributed by atoms with van der Waals surface area (Å²) in [5.74, 6) is 0.448. The molecule has 0 saturated carbocycles. The molecule has 2 aromatic rings. The molecule has 0 aromatic heterocycles. The van der Waals surface area contributed by atoms with Crippen LogP contribution in [0, 0.1) is 29.4 Å². The lowest BCUT2D eigenvalue weighted by atomic mass is 10.2. The van der Waals surface area contributed by atoms with Crippen LogP contribution in [0.25, 0.3) is 0 Å². The van der Waals surface area contributed by atoms with Gasteiger partial charge in [0.05, 0.1) is 13.7 Å². The minimum absolute atomic E-state index is 0.0573. The van der Waals surface area contributed by atoms with Gasteiger partial charge in [0.25, 0.3) is 5.09 Å². The summed E-state index contributed by atoms with van der Waals surface area (Å²) < 4.78 is 41.6. The van der Waals surface area contributed by atoms with Crippen LogP contribution in [0.4, 0.5) is 0 Å². The van der Waals surface area contributed by atoms with Gasteiger partial charge in [0.15, 0.2) is 0 Å². The van der Waals surface area contributed by atoms with Crippen molar-refractivity contribution in [3.05, 3.63) is 57.6 Å². The molecule has 0 heterocycles. The van der Waals surface area contributed by atoms with E-state index in [1.807, 2.05) is 0 Å². The summed E-state index contributed by atoms with van der Waals surface area (Å²) in [4.78, 5) is 8.30. The van der Waals surface area contributed by atoms with Gasteiger partial charge in [-0.3, -0.25) is 5.41 Å². The fraction of sp³-hybridized carbons (Fsp3) is 0.263. The lowest BCUT2D eigenvalue weighted by Gasteiger charge is -2.17. The first-order chi connectivity index (χ1) is 15.4. The molecule has 2 aromatic carbocycles. The van der Waals surface area contributed by atoms with Crippen molar-refractivity contribution in [3.63, 3.8) is 0 Å². The standard InChI is InChI=1S/C19H24N4O5S.HNO3/c1-13-5-6-17(26-4)18(11-13)29(24,25)28-16-10-14(2)9-15(12-16)27-8-7-23(22-3)19(20)21;2-1(3)4/h5-6,9-12H,3,7-8H2,1-2,4H3,(H3,20,21);(H,2,3,4). The highest BCUT2D eigenvalue weighted by molar-refractivity contribution is 7.87. The van der Waals surface area contributed by atoms with Crippen molar-refractivity contribution in [2.75, 3.05) is 20.3 Å². The second-order valence-corrected chi connectivity index (χ2v) is 7.92. The van der Waals surface area contributed by atoms with Crippen LogP contribution >= 0.6 is 0 Å². The normalized spacial score (nSPS) is 10.3. The number of guanidine groups is 1. The van der Waals surface area contributed by atoms with Gasteiger partial charge in [0.1, 0.15) is 28.8 Å². The average molecular weight is 484 g/mol. The average Bonchev–Trinajstić information content (AvgIpc) is 2.69. The molecule has 0 amide bonds. The van der Waals surface area contributed by atoms with Gasteiger partial charge >= 0.3 is 10.1 Å². The molecule has 0 fully saturated rings. The van der Waals surface area contributed by atoms with Crippen molar-refractivity contribution in [2.45, 2.75) is 18.7 Å². The van der Waals surface area contributed by atoms with Gasteiger partial charge in [-0.1, -0.05) is 6.07 Å². The first-order valence-electron chi connectivity index (χ1n) is 9.14. The number of aryl methyl sites for hydroxylation is 2. The Labute approximate surface area is 190 Å². The van der Waals surface area contributed by atoms with Crippen LogP contribution in [-0.4, -0.2) is 56.7 Å². The van der Waals surface area contributed by atoms with E-state index in [0.29, 0.717) is 5.75 Å². The lowest BCUT2D eigenvalue weighted by Crippen LogP contribution is -2.34. The summed E-state index contributed by atoms with van der Waals surface area (Å²) in [5, 5.41) is 25.8. The minimum atomic E-state index is -4.12. The topological polar surface area (TPSA) is 191 Å². The van der Waals surface area contributed by atoms with Crippen LogP contribution in [0.5, 0.6) is 17.2 Å². The monoisotopic (exact) mass is 483 g/mol. The van der Waals surface area contributed by atoms with Crippen molar-refractivity contribution in [1.82, 2.24) is 5.01 Å². The zero-order valence-electron chi connectivity index (χ0n) is 18.2. The maximum Gasteiger partial charge on any atom is 0.342 e. The Hall–Kier alpha value is -4.07. The number of methoxy groups -OCH3 is 1. The van der Waals surface area contributed by atoms with Gasteiger partial charge < -0.3 is 24.6 Å². The Bertz CT molecular complexity index is 1100. The van der Waals surface area contributed by atoms with E-state index in [9.17, 15) is 8.42 Å². The van der Waals surface area contributed by atoms with E-state index in [1.165, 1.54) is 24.3 Å². The summed E-state index contributed by atoms with van der Waals surface area (Å²) in [7, 11) is -2.72. The third kappa shape index (κ3) is 8.90. The smallest absolute Gasteiger partial charge is 0.342 e. The van der Waals surface area contributed by atoms with E-state index in [-0.39, 0.29) is 35.5 Å². The Morgan fingerprint density at radius 2 is 1.85 bits per heavy atom. The van der Waals surface area contributed by atoms with Crippen LogP contribution in [0.1, 0.15) is 11.1 Å². The van der Waals surface area contributed by atoms with Gasteiger partial charge in [-0.25, -0.2) is 5.01 Å². The Morgan fingerprint density at radius 3 is 2.39 bits per heavy atom. The predicted molar refractivity (Wildman–Crippen MR) is 119 cm³/mol. The fourth-order valence-electron chi connectivity index (χ4n) is 2.51. The number of hydrogen-bond acceptors (Lipinski definition) is 9. The zero-order valence-corrected chi connectivity index (χ0v) is 19.0. The fourth-order valence-corrected chi connectivity index (χ4v) is 3.68. The van der Waals surface area contributed by atoms with Gasteiger partial charge in [0, 0.05) is 12.8 Å². The Kier molecular flexibility index (Phi) is 9.88. The molecular formula is C19H25N5O8S. The SMILES string of the molecule is C=NN(CCOc1cc(C)cc(OS(=O)(=O)c2cc(C)ccc2OC)c1)C(=N)N.O=[N+]([O-])O. The van der Waals surface area contributed by atoms with Crippen LogP contribution in [0.15, 0.2) is 46.4 Å². The molecule has 0 aliphatic heterocycles. The van der Waals surface area contributed by atoms with Crippen molar-refractivity contribution in [2.24, 2.45) is 10.8 Å². The van der Waals surface area contributed by atoms with E-state index in [2.05, 4.69) is 11.8 Å². The third-order valence-corrected chi connectivity index (χ3v) is 5.11. The molecule has 0 aliphatic carbocycles. The minimum Gasteiger partial charge on any atom is -0.495 e.